The van der Waals surface area contributed by atoms with Crippen LogP contribution in [0.1, 0.15) is 60.8 Å². The summed E-state index contributed by atoms with van der Waals surface area (Å²) in [5, 5.41) is 3.50. The van der Waals surface area contributed by atoms with E-state index >= 15 is 0 Å². The highest BCUT2D eigenvalue weighted by Crippen LogP contribution is 2.54. The summed E-state index contributed by atoms with van der Waals surface area (Å²) in [6, 6.07) is 2.25. The molecule has 3 aliphatic carbocycles. The molecule has 1 saturated heterocycles. The molecule has 5 nitrogen and oxygen atoms in total. The largest absolute Gasteiger partial charge is 0.484 e. The molecule has 170 valence electrons. The minimum atomic E-state index is -0.789. The zero-order valence-corrected chi connectivity index (χ0v) is 18.9. The molecule has 1 amide bonds. The van der Waals surface area contributed by atoms with Gasteiger partial charge in [-0.2, -0.15) is 0 Å². The summed E-state index contributed by atoms with van der Waals surface area (Å²) in [6.45, 7) is 3.96. The van der Waals surface area contributed by atoms with E-state index in [0.29, 0.717) is 29.4 Å². The molecule has 4 fully saturated rings. The second-order valence-corrected chi connectivity index (χ2v) is 11.0. The van der Waals surface area contributed by atoms with Crippen LogP contribution in [0.4, 0.5) is 19.6 Å². The van der Waals surface area contributed by atoms with Crippen molar-refractivity contribution in [3.8, 4) is 5.75 Å². The van der Waals surface area contributed by atoms with Gasteiger partial charge in [0.2, 0.25) is 0 Å². The topological polar surface area (TPSA) is 54.5 Å². The minimum Gasteiger partial charge on any atom is -0.484 e. The number of amides is 1. The number of carbonyl (C=O) groups is 1. The number of aryl methyl sites for hydroxylation is 1. The first-order chi connectivity index (χ1) is 15.4. The third-order valence-corrected chi connectivity index (χ3v) is 8.89. The first kappa shape index (κ1) is 20.4. The average Bonchev–Trinajstić information content (AvgIpc) is 3.48. The Hall–Kier alpha value is -2.22. The molecule has 4 aliphatic rings. The molecule has 6 rings (SSSR count). The zero-order valence-electron chi connectivity index (χ0n) is 18.1. The van der Waals surface area contributed by atoms with Crippen LogP contribution in [0.3, 0.4) is 0 Å². The van der Waals surface area contributed by atoms with E-state index in [0.717, 1.165) is 48.1 Å². The van der Waals surface area contributed by atoms with Gasteiger partial charge in [-0.3, -0.25) is 4.79 Å². The van der Waals surface area contributed by atoms with Gasteiger partial charge in [-0.15, -0.1) is 11.3 Å². The van der Waals surface area contributed by atoms with Crippen molar-refractivity contribution in [2.45, 2.75) is 58.0 Å². The molecule has 32 heavy (non-hydrogen) atoms. The highest BCUT2D eigenvalue weighted by molar-refractivity contribution is 7.16. The first-order valence-corrected chi connectivity index (χ1v) is 12.5. The molecule has 2 atom stereocenters. The van der Waals surface area contributed by atoms with Crippen molar-refractivity contribution < 1.29 is 18.3 Å². The molecule has 2 heterocycles. The number of fused-ring (bicyclic) bond motifs is 1. The highest BCUT2D eigenvalue weighted by Gasteiger charge is 2.48. The van der Waals surface area contributed by atoms with Crippen molar-refractivity contribution in [1.29, 1.82) is 0 Å². The molecule has 8 heteroatoms. The van der Waals surface area contributed by atoms with E-state index < -0.39 is 17.5 Å². The molecule has 0 bridgehead atoms. The number of hydrogen-bond acceptors (Lipinski definition) is 5. The van der Waals surface area contributed by atoms with Crippen molar-refractivity contribution in [2.24, 2.45) is 17.3 Å². The van der Waals surface area contributed by atoms with Gasteiger partial charge in [0.05, 0.1) is 6.10 Å². The zero-order chi connectivity index (χ0) is 22.0. The van der Waals surface area contributed by atoms with Crippen molar-refractivity contribution >= 4 is 28.1 Å². The minimum absolute atomic E-state index is 0.0707. The molecular weight excluding hydrogens is 432 g/mol. The monoisotopic (exact) mass is 459 g/mol. The normalized spacial score (nSPS) is 27.0. The summed E-state index contributed by atoms with van der Waals surface area (Å²) in [5.41, 5.74) is 0.884. The van der Waals surface area contributed by atoms with E-state index in [1.807, 2.05) is 6.92 Å². The maximum absolute atomic E-state index is 14.6. The van der Waals surface area contributed by atoms with E-state index in [2.05, 4.69) is 15.2 Å². The summed E-state index contributed by atoms with van der Waals surface area (Å²) >= 11 is 1.54. The second-order valence-electron chi connectivity index (χ2n) is 9.98. The number of nitrogens with one attached hydrogen (secondary N) is 1. The summed E-state index contributed by atoms with van der Waals surface area (Å²) in [7, 11) is 0. The number of nitrogens with zero attached hydrogens (tertiary/aromatic N) is 2. The molecule has 1 aromatic heterocycles. The average molecular weight is 460 g/mol. The SMILES string of the molecule is CCc1sc(N2CCC3(CC3)C2)nc1C(=O)Nc1cc(F)c(OC2CC3CC3C2)c(F)c1. The van der Waals surface area contributed by atoms with Crippen LogP contribution >= 0.6 is 11.3 Å². The predicted octanol–water partition coefficient (Wildman–Crippen LogP) is 5.40. The van der Waals surface area contributed by atoms with Crippen LogP contribution < -0.4 is 15.0 Å². The fourth-order valence-electron chi connectivity index (χ4n) is 5.43. The van der Waals surface area contributed by atoms with Gasteiger partial charge >= 0.3 is 0 Å². The van der Waals surface area contributed by atoms with Gasteiger partial charge < -0.3 is 15.0 Å². The standard InChI is InChI=1S/C24H27F2N3O2S/c1-2-19-20(28-23(32-19)29-6-5-24(12-29)3-4-24)22(30)27-15-10-17(25)21(18(26)11-15)31-16-8-13-7-14(13)9-16/h10-11,13-14,16H,2-9,12H2,1H3,(H,27,30). The molecular formula is C24H27F2N3O2S. The Morgan fingerprint density at radius 3 is 2.56 bits per heavy atom. The smallest absolute Gasteiger partial charge is 0.275 e. The molecule has 0 radical (unpaired) electrons. The number of rotatable bonds is 6. The van der Waals surface area contributed by atoms with Crippen LogP contribution in [-0.4, -0.2) is 30.1 Å². The van der Waals surface area contributed by atoms with E-state index in [9.17, 15) is 13.6 Å². The number of hydrogen-bond donors (Lipinski definition) is 1. The van der Waals surface area contributed by atoms with Gasteiger partial charge in [-0.05, 0) is 62.2 Å². The highest BCUT2D eigenvalue weighted by atomic mass is 32.1. The van der Waals surface area contributed by atoms with Crippen molar-refractivity contribution in [3.05, 3.63) is 34.3 Å². The Labute approximate surface area is 190 Å². The lowest BCUT2D eigenvalue weighted by atomic mass is 10.1. The number of halogens is 2. The Morgan fingerprint density at radius 2 is 1.94 bits per heavy atom. The van der Waals surface area contributed by atoms with Crippen molar-refractivity contribution in [1.82, 2.24) is 4.98 Å². The second kappa shape index (κ2) is 7.40. The Kier molecular flexibility index (Phi) is 4.72. The van der Waals surface area contributed by atoms with E-state index in [1.165, 1.54) is 25.7 Å². The number of ether oxygens (including phenoxy) is 1. The lowest BCUT2D eigenvalue weighted by molar-refractivity contribution is 0.102. The third kappa shape index (κ3) is 3.66. The van der Waals surface area contributed by atoms with Crippen LogP contribution in [0.5, 0.6) is 5.75 Å². The molecule has 1 N–H and O–H groups in total. The fraction of sp³-hybridized carbons (Fsp3) is 0.583. The molecule has 2 aromatic rings. The third-order valence-electron chi connectivity index (χ3n) is 7.63. The fourth-order valence-corrected chi connectivity index (χ4v) is 6.45. The van der Waals surface area contributed by atoms with Crippen LogP contribution in [0.2, 0.25) is 0 Å². The van der Waals surface area contributed by atoms with Gasteiger partial charge in [0.25, 0.3) is 5.91 Å². The van der Waals surface area contributed by atoms with Crippen LogP contribution in [-0.2, 0) is 6.42 Å². The number of thiazole rings is 1. The van der Waals surface area contributed by atoms with Gasteiger partial charge in [-0.25, -0.2) is 13.8 Å². The summed E-state index contributed by atoms with van der Waals surface area (Å²) < 4.78 is 34.9. The van der Waals surface area contributed by atoms with E-state index in [4.69, 9.17) is 4.74 Å². The van der Waals surface area contributed by atoms with Crippen molar-refractivity contribution in [3.63, 3.8) is 0 Å². The van der Waals surface area contributed by atoms with E-state index in [1.54, 1.807) is 11.3 Å². The number of aromatic nitrogens is 1. The molecule has 1 aromatic carbocycles. The Morgan fingerprint density at radius 1 is 1.22 bits per heavy atom. The van der Waals surface area contributed by atoms with Gasteiger partial charge in [0.15, 0.2) is 22.5 Å². The number of benzene rings is 1. The summed E-state index contributed by atoms with van der Waals surface area (Å²) in [6.07, 6.45) is 7.25. The Balaban J connectivity index is 1.17. The summed E-state index contributed by atoms with van der Waals surface area (Å²) in [4.78, 5) is 20.7. The van der Waals surface area contributed by atoms with Crippen LogP contribution in [0.25, 0.3) is 0 Å². The van der Waals surface area contributed by atoms with Gasteiger partial charge in [0, 0.05) is 35.8 Å². The molecule has 2 unspecified atom stereocenters. The number of anilines is 2. The molecule has 1 aliphatic heterocycles. The maximum Gasteiger partial charge on any atom is 0.275 e. The quantitative estimate of drug-likeness (QED) is 0.628. The van der Waals surface area contributed by atoms with Crippen LogP contribution in [0, 0.1) is 28.9 Å². The maximum atomic E-state index is 14.6. The predicted molar refractivity (Wildman–Crippen MR) is 120 cm³/mol. The Bertz CT molecular complexity index is 1050. The van der Waals surface area contributed by atoms with Crippen LogP contribution in [0.15, 0.2) is 12.1 Å². The van der Waals surface area contributed by atoms with Gasteiger partial charge in [-0.1, -0.05) is 6.92 Å². The van der Waals surface area contributed by atoms with Crippen molar-refractivity contribution in [2.75, 3.05) is 23.3 Å². The molecule has 1 spiro atoms. The summed E-state index contributed by atoms with van der Waals surface area (Å²) in [5.74, 6) is -1.04. The van der Waals surface area contributed by atoms with Gasteiger partial charge in [0.1, 0.15) is 5.69 Å². The number of carbonyl (C=O) groups excluding carboxylic acids is 1. The molecule has 3 saturated carbocycles. The van der Waals surface area contributed by atoms with E-state index in [-0.39, 0.29) is 17.5 Å². The lowest BCUT2D eigenvalue weighted by Crippen LogP contribution is -2.20. The first-order valence-electron chi connectivity index (χ1n) is 11.6. The lowest BCUT2D eigenvalue weighted by Gasteiger charge is -2.17.